The van der Waals surface area contributed by atoms with Crippen molar-refractivity contribution in [2.45, 2.75) is 17.0 Å². The van der Waals surface area contributed by atoms with E-state index in [0.29, 0.717) is 22.3 Å². The maximum Gasteiger partial charge on any atom is 0.335 e. The fourth-order valence-corrected chi connectivity index (χ4v) is 4.28. The lowest BCUT2D eigenvalue weighted by molar-refractivity contribution is 0.0696. The van der Waals surface area contributed by atoms with Crippen molar-refractivity contribution >= 4 is 27.8 Å². The molecule has 0 radical (unpaired) electrons. The number of nitrogens with zero attached hydrogens (tertiary/aromatic N) is 2. The molecule has 0 bridgehead atoms. The molecule has 0 aliphatic carbocycles. The number of carboxylic acid groups (broad SMARTS) is 1. The molecule has 0 saturated heterocycles. The lowest BCUT2D eigenvalue weighted by atomic mass is 10.1. The van der Waals surface area contributed by atoms with Gasteiger partial charge >= 0.3 is 5.97 Å². The van der Waals surface area contributed by atoms with Gasteiger partial charge in [0.2, 0.25) is 15.2 Å². The fraction of sp³-hybridized carbons (Fsp3) is 0.167. The molecule has 0 saturated carbocycles. The Balaban J connectivity index is 1.57. The first-order valence-electron chi connectivity index (χ1n) is 8.31. The average Bonchev–Trinajstić information content (AvgIpc) is 3.15. The zero-order valence-electron chi connectivity index (χ0n) is 14.9. The lowest BCUT2D eigenvalue weighted by Crippen LogP contribution is -2.26. The molecule has 10 heteroatoms. The van der Waals surface area contributed by atoms with Crippen LogP contribution in [0.15, 0.2) is 58.6 Å². The highest BCUT2D eigenvalue weighted by atomic mass is 32.2. The number of carbonyl (C=O) groups is 1. The Kier molecular flexibility index (Phi) is 6.12. The number of aromatic nitrogens is 3. The van der Waals surface area contributed by atoms with Crippen LogP contribution in [0.1, 0.15) is 15.9 Å². The molecule has 2 aromatic carbocycles. The minimum absolute atomic E-state index is 0.0357. The summed E-state index contributed by atoms with van der Waals surface area (Å²) in [6.07, 6.45) is 0. The number of carboxylic acids is 1. The van der Waals surface area contributed by atoms with Crippen LogP contribution in [0.5, 0.6) is 0 Å². The average molecular weight is 419 g/mol. The van der Waals surface area contributed by atoms with Gasteiger partial charge in [0.25, 0.3) is 0 Å². The Labute approximate surface area is 166 Å². The molecule has 146 valence electrons. The number of hydrogen-bond acceptors (Lipinski definition) is 6. The number of hydrogen-bond donors (Lipinski definition) is 3. The minimum atomic E-state index is -3.80. The third-order valence-electron chi connectivity index (χ3n) is 3.89. The molecule has 3 aromatic rings. The van der Waals surface area contributed by atoms with E-state index in [4.69, 9.17) is 5.11 Å². The number of thioether (sulfide) groups is 1. The maximum absolute atomic E-state index is 12.4. The smallest absolute Gasteiger partial charge is 0.335 e. The van der Waals surface area contributed by atoms with Gasteiger partial charge in [-0.05, 0) is 24.6 Å². The maximum atomic E-state index is 12.4. The fourth-order valence-electron chi connectivity index (χ4n) is 2.44. The van der Waals surface area contributed by atoms with Gasteiger partial charge in [-0.25, -0.2) is 22.9 Å². The molecule has 8 nitrogen and oxygen atoms in total. The Morgan fingerprint density at radius 3 is 2.68 bits per heavy atom. The molecule has 28 heavy (non-hydrogen) atoms. The summed E-state index contributed by atoms with van der Waals surface area (Å²) in [5.41, 5.74) is 1.38. The molecule has 0 unspecified atom stereocenters. The van der Waals surface area contributed by atoms with Crippen LogP contribution in [0.4, 0.5) is 0 Å². The molecule has 1 heterocycles. The summed E-state index contributed by atoms with van der Waals surface area (Å²) in [6.45, 7) is 1.77. The van der Waals surface area contributed by atoms with Gasteiger partial charge in [-0.1, -0.05) is 48.2 Å². The summed E-state index contributed by atoms with van der Waals surface area (Å²) in [4.78, 5) is 15.5. The third-order valence-corrected chi connectivity index (χ3v) is 6.19. The summed E-state index contributed by atoms with van der Waals surface area (Å²) in [5.74, 6) is -0.100. The van der Waals surface area contributed by atoms with E-state index in [1.807, 2.05) is 30.3 Å². The first-order valence-corrected chi connectivity index (χ1v) is 10.8. The van der Waals surface area contributed by atoms with Crippen molar-refractivity contribution in [1.82, 2.24) is 19.9 Å². The molecule has 0 fully saturated rings. The predicted molar refractivity (Wildman–Crippen MR) is 106 cm³/mol. The number of aromatic carboxylic acids is 1. The summed E-state index contributed by atoms with van der Waals surface area (Å²) in [7, 11) is -3.80. The van der Waals surface area contributed by atoms with Crippen molar-refractivity contribution < 1.29 is 18.3 Å². The van der Waals surface area contributed by atoms with Crippen LogP contribution in [-0.2, 0) is 10.0 Å². The highest BCUT2D eigenvalue weighted by Gasteiger charge is 2.17. The van der Waals surface area contributed by atoms with Crippen LogP contribution in [0.25, 0.3) is 11.4 Å². The lowest BCUT2D eigenvalue weighted by Gasteiger charge is -2.08. The Hall–Kier alpha value is -2.69. The van der Waals surface area contributed by atoms with Crippen LogP contribution in [0, 0.1) is 6.92 Å². The van der Waals surface area contributed by atoms with Crippen LogP contribution < -0.4 is 4.72 Å². The molecular weight excluding hydrogens is 400 g/mol. The van der Waals surface area contributed by atoms with E-state index in [1.54, 1.807) is 6.92 Å². The standard InChI is InChI=1S/C18H18N4O4S2/c1-12-7-8-14(11-15(12)17(23)24)28(25,26)19-9-10-27-18-20-16(21-22-18)13-5-3-2-4-6-13/h2-8,11,19H,9-10H2,1H3,(H,23,24)(H,20,21,22). The van der Waals surface area contributed by atoms with Gasteiger partial charge in [0.1, 0.15) is 0 Å². The molecule has 3 N–H and O–H groups in total. The SMILES string of the molecule is Cc1ccc(S(=O)(=O)NCCSc2n[nH]c(-c3ccccc3)n2)cc1C(=O)O. The summed E-state index contributed by atoms with van der Waals surface area (Å²) in [5, 5.41) is 16.6. The van der Waals surface area contributed by atoms with Crippen LogP contribution in [-0.4, -0.2) is 47.0 Å². The van der Waals surface area contributed by atoms with Crippen molar-refractivity contribution in [1.29, 1.82) is 0 Å². The second kappa shape index (κ2) is 8.55. The normalized spacial score (nSPS) is 11.5. The van der Waals surface area contributed by atoms with Crippen LogP contribution >= 0.6 is 11.8 Å². The highest BCUT2D eigenvalue weighted by molar-refractivity contribution is 7.99. The highest BCUT2D eigenvalue weighted by Crippen LogP contribution is 2.19. The van der Waals surface area contributed by atoms with Crippen LogP contribution in [0.2, 0.25) is 0 Å². The third kappa shape index (κ3) is 4.77. The molecule has 0 aliphatic heterocycles. The second-order valence-corrected chi connectivity index (χ2v) is 8.69. The number of nitrogens with one attached hydrogen (secondary N) is 2. The Morgan fingerprint density at radius 1 is 1.21 bits per heavy atom. The quantitative estimate of drug-likeness (QED) is 0.379. The Morgan fingerprint density at radius 2 is 1.96 bits per heavy atom. The number of rotatable bonds is 8. The topological polar surface area (TPSA) is 125 Å². The predicted octanol–water partition coefficient (Wildman–Crippen LogP) is 2.55. The molecule has 0 atom stereocenters. The van der Waals surface area contributed by atoms with E-state index >= 15 is 0 Å². The number of sulfonamides is 1. The first kappa shape index (κ1) is 20.1. The van der Waals surface area contributed by atoms with Crippen molar-refractivity contribution in [2.24, 2.45) is 0 Å². The summed E-state index contributed by atoms with van der Waals surface area (Å²) in [6, 6.07) is 13.6. The summed E-state index contributed by atoms with van der Waals surface area (Å²) < 4.78 is 27.2. The van der Waals surface area contributed by atoms with Crippen molar-refractivity contribution in [2.75, 3.05) is 12.3 Å². The van der Waals surface area contributed by atoms with Gasteiger partial charge in [0, 0.05) is 17.9 Å². The number of H-pyrrole nitrogens is 1. The largest absolute Gasteiger partial charge is 0.478 e. The molecule has 0 amide bonds. The first-order chi connectivity index (χ1) is 13.4. The molecule has 3 rings (SSSR count). The molecule has 1 aromatic heterocycles. The van der Waals surface area contributed by atoms with E-state index in [2.05, 4.69) is 19.9 Å². The number of aryl methyl sites for hydroxylation is 1. The minimum Gasteiger partial charge on any atom is -0.478 e. The van der Waals surface area contributed by atoms with Crippen LogP contribution in [0.3, 0.4) is 0 Å². The van der Waals surface area contributed by atoms with E-state index in [1.165, 1.54) is 23.9 Å². The molecular formula is C18H18N4O4S2. The van der Waals surface area contributed by atoms with E-state index < -0.39 is 16.0 Å². The molecule has 0 aliphatic rings. The van der Waals surface area contributed by atoms with Crippen molar-refractivity contribution in [3.63, 3.8) is 0 Å². The van der Waals surface area contributed by atoms with Crippen molar-refractivity contribution in [3.05, 3.63) is 59.7 Å². The number of aromatic amines is 1. The van der Waals surface area contributed by atoms with Crippen molar-refractivity contribution in [3.8, 4) is 11.4 Å². The van der Waals surface area contributed by atoms with E-state index in [9.17, 15) is 13.2 Å². The van der Waals surface area contributed by atoms with Gasteiger partial charge in [-0.2, -0.15) is 0 Å². The Bertz CT molecular complexity index is 1080. The van der Waals surface area contributed by atoms with Gasteiger partial charge in [-0.15, -0.1) is 5.10 Å². The van der Waals surface area contributed by atoms with Gasteiger partial charge in [-0.3, -0.25) is 5.10 Å². The van der Waals surface area contributed by atoms with E-state index in [-0.39, 0.29) is 17.0 Å². The van der Waals surface area contributed by atoms with Gasteiger partial charge in [0.05, 0.1) is 10.5 Å². The summed E-state index contributed by atoms with van der Waals surface area (Å²) >= 11 is 1.31. The zero-order chi connectivity index (χ0) is 20.1. The zero-order valence-corrected chi connectivity index (χ0v) is 16.5. The number of benzene rings is 2. The molecule has 0 spiro atoms. The van der Waals surface area contributed by atoms with Gasteiger partial charge in [0.15, 0.2) is 5.82 Å². The van der Waals surface area contributed by atoms with E-state index in [0.717, 1.165) is 11.6 Å². The monoisotopic (exact) mass is 418 g/mol. The van der Waals surface area contributed by atoms with Gasteiger partial charge < -0.3 is 5.11 Å². The second-order valence-electron chi connectivity index (χ2n) is 5.86.